The molecule has 0 radical (unpaired) electrons. The summed E-state index contributed by atoms with van der Waals surface area (Å²) in [6.07, 6.45) is 76.9. The molecule has 0 spiro atoms. The second kappa shape index (κ2) is 62.0. The van der Waals surface area contributed by atoms with Crippen LogP contribution in [-0.4, -0.2) is 70.0 Å². The van der Waals surface area contributed by atoms with Gasteiger partial charge in [-0.25, -0.2) is 0 Å². The minimum Gasteiger partial charge on any atom is -0.756 e. The third-order valence-corrected chi connectivity index (χ3v) is 16.9. The fraction of sp³-hybridized carbons (Fsp3) is 0.914. The number of rotatable bonds is 66. The van der Waals surface area contributed by atoms with E-state index in [0.717, 1.165) is 32.1 Å². The van der Waals surface area contributed by atoms with E-state index >= 15 is 0 Å². The van der Waals surface area contributed by atoms with Crippen LogP contribution in [0, 0.1) is 0 Å². The van der Waals surface area contributed by atoms with Gasteiger partial charge in [0.05, 0.1) is 27.7 Å². The van der Waals surface area contributed by atoms with Crippen molar-refractivity contribution < 1.29 is 42.1 Å². The second-order valence-electron chi connectivity index (χ2n) is 25.2. The topological polar surface area (TPSA) is 111 Å². The average Bonchev–Trinajstić information content (AvgIpc) is 3.42. The quantitative estimate of drug-likeness (QED) is 0.0195. The number of allylic oxidation sites excluding steroid dienone is 4. The Labute approximate surface area is 498 Å². The van der Waals surface area contributed by atoms with Gasteiger partial charge in [-0.05, 0) is 64.2 Å². The molecule has 0 aliphatic heterocycles. The number of nitrogens with zero attached hydrogens (tertiary/aromatic N) is 1. The highest BCUT2D eigenvalue weighted by atomic mass is 31.2. The first kappa shape index (κ1) is 78.5. The zero-order chi connectivity index (χ0) is 58.4. The van der Waals surface area contributed by atoms with Gasteiger partial charge in [0.2, 0.25) is 0 Å². The predicted octanol–water partition coefficient (Wildman–Crippen LogP) is 21.9. The Bertz CT molecular complexity index is 1400. The Balaban J connectivity index is 3.98. The molecular weight excluding hydrogens is 1010 g/mol. The maximum absolute atomic E-state index is 12.9. The van der Waals surface area contributed by atoms with E-state index in [0.29, 0.717) is 17.4 Å². The zero-order valence-corrected chi connectivity index (χ0v) is 55.0. The van der Waals surface area contributed by atoms with Gasteiger partial charge in [-0.15, -0.1) is 0 Å². The number of quaternary nitrogens is 1. The van der Waals surface area contributed by atoms with Gasteiger partial charge in [-0.3, -0.25) is 14.2 Å². The molecule has 0 fully saturated rings. The first-order valence-corrected chi connectivity index (χ1v) is 36.5. The van der Waals surface area contributed by atoms with Crippen molar-refractivity contribution in [3.8, 4) is 0 Å². The number of likely N-dealkylation sites (N-methyl/N-ethyl adjacent to an activating group) is 1. The molecule has 0 aromatic heterocycles. The van der Waals surface area contributed by atoms with Gasteiger partial charge in [-0.2, -0.15) is 0 Å². The van der Waals surface area contributed by atoms with Crippen molar-refractivity contribution in [3.63, 3.8) is 0 Å². The summed E-state index contributed by atoms with van der Waals surface area (Å²) in [5.41, 5.74) is 0. The Morgan fingerprint density at radius 1 is 0.375 bits per heavy atom. The highest BCUT2D eigenvalue weighted by molar-refractivity contribution is 7.45. The normalized spacial score (nSPS) is 13.2. The lowest BCUT2D eigenvalue weighted by molar-refractivity contribution is -0.870. The zero-order valence-electron chi connectivity index (χ0n) is 54.1. The lowest BCUT2D eigenvalue weighted by Crippen LogP contribution is -2.37. The Kier molecular flexibility index (Phi) is 60.9. The van der Waals surface area contributed by atoms with Gasteiger partial charge in [-0.1, -0.05) is 308 Å². The van der Waals surface area contributed by atoms with E-state index in [9.17, 15) is 19.0 Å². The number of carbonyl (C=O) groups is 2. The number of hydrogen-bond donors (Lipinski definition) is 0. The van der Waals surface area contributed by atoms with Crippen molar-refractivity contribution in [3.05, 3.63) is 24.3 Å². The van der Waals surface area contributed by atoms with Crippen molar-refractivity contribution in [2.45, 2.75) is 367 Å². The number of hydrogen-bond acceptors (Lipinski definition) is 8. The third-order valence-electron chi connectivity index (χ3n) is 15.9. The van der Waals surface area contributed by atoms with Gasteiger partial charge in [0.25, 0.3) is 7.82 Å². The smallest absolute Gasteiger partial charge is 0.306 e. The molecule has 0 saturated carbocycles. The SMILES string of the molecule is CCCCCCCCCC/C=C\CCCCCCCCCCCCCCCCCCCCCCCC(=O)OC(COC(=O)CCCCCCCCCCCCC/C=C\CCCCCCCCCC)COP(=O)([O-])OCC[N+](C)(C)C. The number of esters is 2. The maximum Gasteiger partial charge on any atom is 0.306 e. The molecule has 80 heavy (non-hydrogen) atoms. The van der Waals surface area contributed by atoms with Crippen LogP contribution in [0.3, 0.4) is 0 Å². The van der Waals surface area contributed by atoms with Gasteiger partial charge in [0, 0.05) is 12.8 Å². The molecule has 0 heterocycles. The second-order valence-corrected chi connectivity index (χ2v) is 26.7. The van der Waals surface area contributed by atoms with Crippen molar-refractivity contribution in [2.24, 2.45) is 0 Å². The van der Waals surface area contributed by atoms with Crippen LogP contribution in [-0.2, 0) is 32.7 Å². The van der Waals surface area contributed by atoms with Crippen molar-refractivity contribution in [1.29, 1.82) is 0 Å². The average molecular weight is 1150 g/mol. The molecule has 2 unspecified atom stereocenters. The highest BCUT2D eigenvalue weighted by Gasteiger charge is 2.22. The monoisotopic (exact) mass is 1150 g/mol. The van der Waals surface area contributed by atoms with Crippen LogP contribution in [0.2, 0.25) is 0 Å². The molecule has 0 amide bonds. The lowest BCUT2D eigenvalue weighted by Gasteiger charge is -2.28. The van der Waals surface area contributed by atoms with Crippen LogP contribution in [0.1, 0.15) is 361 Å². The minimum atomic E-state index is -4.64. The van der Waals surface area contributed by atoms with Gasteiger partial charge in [0.1, 0.15) is 19.8 Å². The summed E-state index contributed by atoms with van der Waals surface area (Å²) >= 11 is 0. The Morgan fingerprint density at radius 3 is 0.925 bits per heavy atom. The van der Waals surface area contributed by atoms with Crippen molar-refractivity contribution in [1.82, 2.24) is 0 Å². The molecule has 10 heteroatoms. The summed E-state index contributed by atoms with van der Waals surface area (Å²) in [5.74, 6) is -0.813. The standard InChI is InChI=1S/C70H136NO8P/c1-6-8-10-12-14-16-18-20-22-24-26-28-30-31-32-33-34-35-36-37-38-39-41-43-45-47-49-51-53-55-57-59-61-63-70(73)79-68(67-78-80(74,75)77-65-64-71(3,4)5)66-76-69(72)62-60-58-56-54-52-50-48-46-44-42-40-29-27-25-23-21-19-17-15-13-11-9-7-2/h24-27,68H,6-23,28-67H2,1-5H3/b26-24-,27-25-. The van der Waals surface area contributed by atoms with E-state index in [2.05, 4.69) is 38.2 Å². The van der Waals surface area contributed by atoms with Crippen LogP contribution < -0.4 is 4.89 Å². The van der Waals surface area contributed by atoms with Crippen LogP contribution >= 0.6 is 7.82 Å². The summed E-state index contributed by atoms with van der Waals surface area (Å²) in [5, 5.41) is 0. The van der Waals surface area contributed by atoms with Crippen LogP contribution in [0.5, 0.6) is 0 Å². The first-order chi connectivity index (χ1) is 39.0. The molecule has 0 N–H and O–H groups in total. The summed E-state index contributed by atoms with van der Waals surface area (Å²) in [6, 6.07) is 0. The molecule has 0 bridgehead atoms. The van der Waals surface area contributed by atoms with Crippen molar-refractivity contribution in [2.75, 3.05) is 47.5 Å². The van der Waals surface area contributed by atoms with E-state index in [-0.39, 0.29) is 32.0 Å². The summed E-state index contributed by atoms with van der Waals surface area (Å²) in [7, 11) is 1.19. The molecule has 0 aromatic carbocycles. The Morgan fingerprint density at radius 2 is 0.637 bits per heavy atom. The number of ether oxygens (including phenoxy) is 2. The number of unbranched alkanes of at least 4 members (excludes halogenated alkanes) is 48. The van der Waals surface area contributed by atoms with Crippen LogP contribution in [0.15, 0.2) is 24.3 Å². The molecule has 2 atom stereocenters. The van der Waals surface area contributed by atoms with Gasteiger partial charge in [0.15, 0.2) is 6.10 Å². The van der Waals surface area contributed by atoms with E-state index in [4.69, 9.17) is 18.5 Å². The molecule has 474 valence electrons. The van der Waals surface area contributed by atoms with Crippen molar-refractivity contribution >= 4 is 19.8 Å². The van der Waals surface area contributed by atoms with Crippen LogP contribution in [0.4, 0.5) is 0 Å². The largest absolute Gasteiger partial charge is 0.756 e. The predicted molar refractivity (Wildman–Crippen MR) is 342 cm³/mol. The van der Waals surface area contributed by atoms with E-state index < -0.39 is 26.5 Å². The molecular formula is C70H136NO8P. The van der Waals surface area contributed by atoms with Gasteiger partial charge < -0.3 is 27.9 Å². The fourth-order valence-electron chi connectivity index (χ4n) is 10.5. The van der Waals surface area contributed by atoms with E-state index in [1.54, 1.807) is 0 Å². The molecule has 0 aliphatic carbocycles. The van der Waals surface area contributed by atoms with Crippen LogP contribution in [0.25, 0.3) is 0 Å². The number of phosphoric ester groups is 1. The maximum atomic E-state index is 12.9. The highest BCUT2D eigenvalue weighted by Crippen LogP contribution is 2.38. The van der Waals surface area contributed by atoms with E-state index in [1.165, 1.54) is 295 Å². The minimum absolute atomic E-state index is 0.0276. The number of phosphoric acid groups is 1. The summed E-state index contributed by atoms with van der Waals surface area (Å²) in [6.45, 7) is 4.31. The summed E-state index contributed by atoms with van der Waals surface area (Å²) in [4.78, 5) is 38.0. The number of carbonyl (C=O) groups excluding carboxylic acids is 2. The molecule has 0 saturated heterocycles. The summed E-state index contributed by atoms with van der Waals surface area (Å²) < 4.78 is 34.3. The lowest BCUT2D eigenvalue weighted by atomic mass is 10.0. The molecule has 9 nitrogen and oxygen atoms in total. The van der Waals surface area contributed by atoms with E-state index in [1.807, 2.05) is 21.1 Å². The Hall–Kier alpha value is -1.51. The first-order valence-electron chi connectivity index (χ1n) is 35.0. The molecule has 0 aromatic rings. The molecule has 0 aliphatic rings. The van der Waals surface area contributed by atoms with Gasteiger partial charge >= 0.3 is 11.9 Å². The molecule has 0 rings (SSSR count). The fourth-order valence-corrected chi connectivity index (χ4v) is 11.3. The third kappa shape index (κ3) is 65.6.